The zero-order chi connectivity index (χ0) is 7.28. The number of quaternary nitrogens is 1. The average Bonchev–Trinajstić information content (AvgIpc) is 1.90. The molecule has 0 aliphatic carbocycles. The van der Waals surface area contributed by atoms with Crippen LogP contribution in [-0.2, 0) is 0 Å². The van der Waals surface area contributed by atoms with Crippen LogP contribution in [0.5, 0.6) is 0 Å². The van der Waals surface area contributed by atoms with Crippen molar-refractivity contribution < 1.29 is 5.14 Å². The van der Waals surface area contributed by atoms with E-state index in [-0.39, 0.29) is 0 Å². The molecular weight excluding hydrogens is 152 g/mol. The van der Waals surface area contributed by atoms with E-state index < -0.39 is 0 Å². The maximum absolute atomic E-state index is 5.00. The second-order valence-electron chi connectivity index (χ2n) is 1.58. The van der Waals surface area contributed by atoms with Gasteiger partial charge in [0.15, 0.2) is 4.32 Å². The summed E-state index contributed by atoms with van der Waals surface area (Å²) < 4.78 is 0.889. The number of thiocarbonyl (C=S) groups is 1. The SMILES string of the molecule is CCN(CC)C(=S)S[NH3+]. The molecule has 0 aromatic rings. The van der Waals surface area contributed by atoms with E-state index in [0.29, 0.717) is 0 Å². The second kappa shape index (κ2) is 5.02. The van der Waals surface area contributed by atoms with Gasteiger partial charge in [-0.3, -0.25) is 5.14 Å². The zero-order valence-electron chi connectivity index (χ0n) is 5.89. The minimum absolute atomic E-state index is 0.889. The smallest absolute Gasteiger partial charge is 0.195 e. The van der Waals surface area contributed by atoms with Gasteiger partial charge >= 0.3 is 0 Å². The predicted molar refractivity (Wildman–Crippen MR) is 46.0 cm³/mol. The Kier molecular flexibility index (Phi) is 5.13. The summed E-state index contributed by atoms with van der Waals surface area (Å²) in [6.45, 7) is 6.15. The molecule has 0 aliphatic rings. The molecule has 0 fully saturated rings. The van der Waals surface area contributed by atoms with Gasteiger partial charge < -0.3 is 4.90 Å². The van der Waals surface area contributed by atoms with Gasteiger partial charge in [0.1, 0.15) is 11.9 Å². The summed E-state index contributed by atoms with van der Waals surface area (Å²) in [5.74, 6) is 0. The lowest BCUT2D eigenvalue weighted by atomic mass is 10.6. The quantitative estimate of drug-likeness (QED) is 0.477. The summed E-state index contributed by atoms with van der Waals surface area (Å²) >= 11 is 6.39. The summed E-state index contributed by atoms with van der Waals surface area (Å²) in [6.07, 6.45) is 0. The lowest BCUT2D eigenvalue weighted by molar-refractivity contribution is -0.134. The van der Waals surface area contributed by atoms with Gasteiger partial charge in [-0.25, -0.2) is 0 Å². The van der Waals surface area contributed by atoms with Crippen LogP contribution in [0.2, 0.25) is 0 Å². The molecule has 0 aromatic carbocycles. The maximum Gasteiger partial charge on any atom is 0.195 e. The third kappa shape index (κ3) is 3.03. The lowest BCUT2D eigenvalue weighted by Gasteiger charge is -2.16. The summed E-state index contributed by atoms with van der Waals surface area (Å²) in [5, 5.41) is 3.64. The first kappa shape index (κ1) is 9.20. The Hall–Kier alpha value is 0.200. The number of nitrogens with zero attached hydrogens (tertiary/aromatic N) is 1. The molecule has 0 atom stereocenters. The van der Waals surface area contributed by atoms with Crippen LogP contribution in [0.3, 0.4) is 0 Å². The molecule has 9 heavy (non-hydrogen) atoms. The standard InChI is InChI=1S/C5H12N2S2/c1-3-7(4-2)5(8)9-6/h3-4,6H2,1-2H3/p+1. The molecule has 0 saturated heterocycles. The highest BCUT2D eigenvalue weighted by atomic mass is 32.2. The fourth-order valence-electron chi connectivity index (χ4n) is 0.573. The van der Waals surface area contributed by atoms with E-state index >= 15 is 0 Å². The summed E-state index contributed by atoms with van der Waals surface area (Å²) in [4.78, 5) is 2.10. The van der Waals surface area contributed by atoms with Crippen LogP contribution in [0.4, 0.5) is 0 Å². The highest BCUT2D eigenvalue weighted by Crippen LogP contribution is 1.98. The third-order valence-electron chi connectivity index (χ3n) is 1.15. The molecule has 4 heteroatoms. The molecule has 3 N–H and O–H groups in total. The molecule has 0 spiro atoms. The molecule has 0 bridgehead atoms. The normalized spacial score (nSPS) is 9.22. The van der Waals surface area contributed by atoms with Gasteiger partial charge in [-0.1, -0.05) is 0 Å². The Morgan fingerprint density at radius 3 is 2.11 bits per heavy atom. The molecule has 0 aliphatic heterocycles. The van der Waals surface area contributed by atoms with Crippen molar-refractivity contribution in [2.75, 3.05) is 13.1 Å². The predicted octanol–water partition coefficient (Wildman–Crippen LogP) is 0.503. The van der Waals surface area contributed by atoms with Crippen molar-refractivity contribution in [3.8, 4) is 0 Å². The Balaban J connectivity index is 3.64. The molecule has 0 unspecified atom stereocenters. The molecule has 0 aromatic heterocycles. The van der Waals surface area contributed by atoms with E-state index in [9.17, 15) is 0 Å². The minimum Gasteiger partial charge on any atom is -0.354 e. The molecule has 0 saturated carbocycles. The van der Waals surface area contributed by atoms with E-state index in [1.165, 1.54) is 11.9 Å². The molecule has 0 heterocycles. The maximum atomic E-state index is 5.00. The Labute approximate surface area is 65.9 Å². The summed E-state index contributed by atoms with van der Waals surface area (Å²) in [5.41, 5.74) is 0. The number of rotatable bonds is 2. The van der Waals surface area contributed by atoms with Gasteiger partial charge in [-0.05, 0) is 26.1 Å². The molecule has 54 valence electrons. The summed E-state index contributed by atoms with van der Waals surface area (Å²) in [6, 6.07) is 0. The van der Waals surface area contributed by atoms with Crippen molar-refractivity contribution >= 4 is 28.5 Å². The van der Waals surface area contributed by atoms with Crippen LogP contribution < -0.4 is 5.14 Å². The van der Waals surface area contributed by atoms with Crippen molar-refractivity contribution in [3.05, 3.63) is 0 Å². The zero-order valence-corrected chi connectivity index (χ0v) is 7.52. The van der Waals surface area contributed by atoms with Crippen LogP contribution in [0, 0.1) is 0 Å². The molecule has 0 amide bonds. The molecular formula is C5H13N2S2+. The highest BCUT2D eigenvalue weighted by molar-refractivity contribution is 8.18. The Bertz CT molecular complexity index is 91.0. The van der Waals surface area contributed by atoms with Crippen molar-refractivity contribution in [1.29, 1.82) is 0 Å². The molecule has 2 nitrogen and oxygen atoms in total. The third-order valence-corrected chi connectivity index (χ3v) is 2.26. The van der Waals surface area contributed by atoms with Gasteiger partial charge in [-0.15, -0.1) is 0 Å². The van der Waals surface area contributed by atoms with Gasteiger partial charge in [0.25, 0.3) is 0 Å². The van der Waals surface area contributed by atoms with Gasteiger partial charge in [-0.2, -0.15) is 0 Å². The fourth-order valence-corrected chi connectivity index (χ4v) is 1.27. The highest BCUT2D eigenvalue weighted by Gasteiger charge is 2.04. The average molecular weight is 165 g/mol. The van der Waals surface area contributed by atoms with Crippen LogP contribution in [0.25, 0.3) is 0 Å². The first-order valence-corrected chi connectivity index (χ1v) is 4.36. The topological polar surface area (TPSA) is 30.9 Å². The first-order valence-electron chi connectivity index (χ1n) is 2.97. The largest absolute Gasteiger partial charge is 0.354 e. The van der Waals surface area contributed by atoms with E-state index in [1.54, 1.807) is 0 Å². The second-order valence-corrected chi connectivity index (χ2v) is 2.90. The van der Waals surface area contributed by atoms with Gasteiger partial charge in [0.05, 0.1) is 0 Å². The van der Waals surface area contributed by atoms with Crippen LogP contribution in [0.15, 0.2) is 0 Å². The number of hydrogen-bond donors (Lipinski definition) is 1. The van der Waals surface area contributed by atoms with Gasteiger partial charge in [0, 0.05) is 13.1 Å². The van der Waals surface area contributed by atoms with E-state index in [1.807, 2.05) is 0 Å². The molecule has 0 radical (unpaired) electrons. The summed E-state index contributed by atoms with van der Waals surface area (Å²) in [7, 11) is 0. The van der Waals surface area contributed by atoms with Crippen molar-refractivity contribution in [3.63, 3.8) is 0 Å². The Morgan fingerprint density at radius 1 is 1.56 bits per heavy atom. The van der Waals surface area contributed by atoms with E-state index in [2.05, 4.69) is 23.9 Å². The first-order chi connectivity index (χ1) is 4.26. The van der Waals surface area contributed by atoms with Crippen LogP contribution >= 0.6 is 24.2 Å². The minimum atomic E-state index is 0.889. The van der Waals surface area contributed by atoms with Gasteiger partial charge in [0.2, 0.25) is 0 Å². The lowest BCUT2D eigenvalue weighted by Crippen LogP contribution is -2.43. The van der Waals surface area contributed by atoms with Crippen molar-refractivity contribution in [2.24, 2.45) is 0 Å². The van der Waals surface area contributed by atoms with E-state index in [0.717, 1.165) is 17.4 Å². The fraction of sp³-hybridized carbons (Fsp3) is 0.800. The number of hydrogen-bond acceptors (Lipinski definition) is 2. The van der Waals surface area contributed by atoms with Crippen molar-refractivity contribution in [1.82, 2.24) is 4.90 Å². The van der Waals surface area contributed by atoms with Crippen LogP contribution in [-0.4, -0.2) is 22.3 Å². The van der Waals surface area contributed by atoms with E-state index in [4.69, 9.17) is 12.2 Å². The Morgan fingerprint density at radius 2 is 2.00 bits per heavy atom. The van der Waals surface area contributed by atoms with Crippen LogP contribution in [0.1, 0.15) is 13.8 Å². The van der Waals surface area contributed by atoms with Crippen molar-refractivity contribution in [2.45, 2.75) is 13.8 Å². The monoisotopic (exact) mass is 165 g/mol. The molecule has 0 rings (SSSR count).